The van der Waals surface area contributed by atoms with Gasteiger partial charge in [0.2, 0.25) is 0 Å². The van der Waals surface area contributed by atoms with E-state index < -0.39 is 0 Å². The first kappa shape index (κ1) is 23.9. The van der Waals surface area contributed by atoms with Crippen LogP contribution in [0.2, 0.25) is 0 Å². The molecule has 2 aromatic rings. The van der Waals surface area contributed by atoms with Crippen molar-refractivity contribution in [2.75, 3.05) is 27.4 Å². The second kappa shape index (κ2) is 13.1. The van der Waals surface area contributed by atoms with Gasteiger partial charge in [0.15, 0.2) is 17.5 Å². The molecule has 0 spiro atoms. The largest absolute Gasteiger partial charge is 0.497 e. The molecule has 2 N–H and O–H groups in total. The highest BCUT2D eigenvalue weighted by Gasteiger charge is 2.05. The van der Waals surface area contributed by atoms with Gasteiger partial charge in [-0.2, -0.15) is 0 Å². The van der Waals surface area contributed by atoms with E-state index in [0.29, 0.717) is 19.7 Å². The summed E-state index contributed by atoms with van der Waals surface area (Å²) in [5.74, 6) is 3.09. The van der Waals surface area contributed by atoms with E-state index in [2.05, 4.69) is 15.6 Å². The molecule has 0 unspecified atom stereocenters. The average molecular weight is 499 g/mol. The van der Waals surface area contributed by atoms with Crippen molar-refractivity contribution in [1.29, 1.82) is 0 Å². The maximum atomic E-state index is 5.56. The zero-order valence-electron chi connectivity index (χ0n) is 17.0. The highest BCUT2D eigenvalue weighted by atomic mass is 127. The third kappa shape index (κ3) is 7.46. The van der Waals surface area contributed by atoms with Crippen molar-refractivity contribution >= 4 is 29.9 Å². The summed E-state index contributed by atoms with van der Waals surface area (Å²) >= 11 is 0. The molecule has 28 heavy (non-hydrogen) atoms. The van der Waals surface area contributed by atoms with E-state index in [0.717, 1.165) is 40.9 Å². The van der Waals surface area contributed by atoms with Gasteiger partial charge in [0.25, 0.3) is 0 Å². The lowest BCUT2D eigenvalue weighted by atomic mass is 10.2. The Morgan fingerprint density at radius 2 is 1.61 bits per heavy atom. The molecule has 0 aliphatic rings. The van der Waals surface area contributed by atoms with Gasteiger partial charge in [-0.05, 0) is 49.2 Å². The van der Waals surface area contributed by atoms with Gasteiger partial charge in [-0.1, -0.05) is 18.2 Å². The number of hydrogen-bond acceptors (Lipinski definition) is 4. The van der Waals surface area contributed by atoms with Crippen LogP contribution in [0.3, 0.4) is 0 Å². The van der Waals surface area contributed by atoms with E-state index in [9.17, 15) is 0 Å². The van der Waals surface area contributed by atoms with Gasteiger partial charge < -0.3 is 24.8 Å². The number of ether oxygens (including phenoxy) is 3. The highest BCUT2D eigenvalue weighted by Crippen LogP contribution is 2.28. The molecule has 2 aromatic carbocycles. The van der Waals surface area contributed by atoms with Gasteiger partial charge in [-0.3, -0.25) is 0 Å². The Labute approximate surface area is 184 Å². The quantitative estimate of drug-likeness (QED) is 0.311. The molecule has 7 heteroatoms. The lowest BCUT2D eigenvalue weighted by Crippen LogP contribution is -2.36. The Morgan fingerprint density at radius 3 is 2.21 bits per heavy atom. The SMILES string of the molecule is CCNC(=NCc1ccc(OCC)c(OC)c1)NCc1ccc(OC)cc1.I. The molecular formula is C21H30IN3O3. The molecule has 0 atom stereocenters. The van der Waals surface area contributed by atoms with E-state index in [1.54, 1.807) is 14.2 Å². The van der Waals surface area contributed by atoms with E-state index in [4.69, 9.17) is 14.2 Å². The first-order valence-corrected chi connectivity index (χ1v) is 9.15. The molecule has 0 heterocycles. The second-order valence-electron chi connectivity index (χ2n) is 5.82. The molecule has 2 rings (SSSR count). The molecule has 154 valence electrons. The lowest BCUT2D eigenvalue weighted by Gasteiger charge is -2.13. The molecular weight excluding hydrogens is 469 g/mol. The molecule has 0 radical (unpaired) electrons. The fourth-order valence-electron chi connectivity index (χ4n) is 2.53. The maximum Gasteiger partial charge on any atom is 0.191 e. The van der Waals surface area contributed by atoms with Crippen molar-refractivity contribution in [2.24, 2.45) is 4.99 Å². The number of nitrogens with one attached hydrogen (secondary N) is 2. The van der Waals surface area contributed by atoms with Crippen LogP contribution in [-0.4, -0.2) is 33.3 Å². The van der Waals surface area contributed by atoms with Crippen LogP contribution < -0.4 is 24.8 Å². The fraction of sp³-hybridized carbons (Fsp3) is 0.381. The number of benzene rings is 2. The van der Waals surface area contributed by atoms with Crippen LogP contribution in [0.15, 0.2) is 47.5 Å². The first-order valence-electron chi connectivity index (χ1n) is 9.15. The summed E-state index contributed by atoms with van der Waals surface area (Å²) < 4.78 is 16.1. The predicted octanol–water partition coefficient (Wildman–Crippen LogP) is 3.98. The molecule has 0 aliphatic carbocycles. The number of methoxy groups -OCH3 is 2. The summed E-state index contributed by atoms with van der Waals surface area (Å²) in [6.45, 7) is 6.62. The minimum atomic E-state index is 0. The minimum Gasteiger partial charge on any atom is -0.497 e. The van der Waals surface area contributed by atoms with E-state index in [1.165, 1.54) is 0 Å². The number of rotatable bonds is 9. The number of halogens is 1. The first-order chi connectivity index (χ1) is 13.2. The summed E-state index contributed by atoms with van der Waals surface area (Å²) in [7, 11) is 3.31. The smallest absolute Gasteiger partial charge is 0.191 e. The van der Waals surface area contributed by atoms with Gasteiger partial charge in [-0.25, -0.2) is 4.99 Å². The number of hydrogen-bond donors (Lipinski definition) is 2. The van der Waals surface area contributed by atoms with E-state index in [1.807, 2.05) is 56.3 Å². The average Bonchev–Trinajstić information content (AvgIpc) is 2.71. The molecule has 0 aromatic heterocycles. The predicted molar refractivity (Wildman–Crippen MR) is 124 cm³/mol. The molecule has 0 saturated heterocycles. The second-order valence-corrected chi connectivity index (χ2v) is 5.82. The molecule has 0 aliphatic heterocycles. The summed E-state index contributed by atoms with van der Waals surface area (Å²) in [6.07, 6.45) is 0. The van der Waals surface area contributed by atoms with Crippen molar-refractivity contribution in [3.05, 3.63) is 53.6 Å². The van der Waals surface area contributed by atoms with Crippen LogP contribution in [0, 0.1) is 0 Å². The van der Waals surface area contributed by atoms with Gasteiger partial charge in [0, 0.05) is 13.1 Å². The zero-order chi connectivity index (χ0) is 19.5. The summed E-state index contributed by atoms with van der Waals surface area (Å²) in [5, 5.41) is 6.61. The van der Waals surface area contributed by atoms with Crippen LogP contribution in [0.25, 0.3) is 0 Å². The number of aliphatic imine (C=N–C) groups is 1. The molecule has 0 fully saturated rings. The molecule has 0 bridgehead atoms. The molecule has 6 nitrogen and oxygen atoms in total. The number of nitrogens with zero attached hydrogens (tertiary/aromatic N) is 1. The van der Waals surface area contributed by atoms with Crippen molar-refractivity contribution in [3.8, 4) is 17.2 Å². The summed E-state index contributed by atoms with van der Waals surface area (Å²) in [6, 6.07) is 13.9. The lowest BCUT2D eigenvalue weighted by molar-refractivity contribution is 0.310. The standard InChI is InChI=1S/C21H29N3O3.HI/c1-5-22-21(23-14-16-7-10-18(25-3)11-8-16)24-15-17-9-12-19(27-6-2)20(13-17)26-4;/h7-13H,5-6,14-15H2,1-4H3,(H2,22,23,24);1H. The molecule has 0 saturated carbocycles. The summed E-state index contributed by atoms with van der Waals surface area (Å²) in [5.41, 5.74) is 2.21. The van der Waals surface area contributed by atoms with Crippen LogP contribution in [0.1, 0.15) is 25.0 Å². The van der Waals surface area contributed by atoms with Crippen molar-refractivity contribution in [3.63, 3.8) is 0 Å². The van der Waals surface area contributed by atoms with E-state index >= 15 is 0 Å². The van der Waals surface area contributed by atoms with Gasteiger partial charge in [0.1, 0.15) is 5.75 Å². The third-order valence-corrected chi connectivity index (χ3v) is 3.91. The third-order valence-electron chi connectivity index (χ3n) is 3.91. The van der Waals surface area contributed by atoms with Crippen LogP contribution in [0.4, 0.5) is 0 Å². The van der Waals surface area contributed by atoms with Crippen molar-refractivity contribution in [2.45, 2.75) is 26.9 Å². The zero-order valence-corrected chi connectivity index (χ0v) is 19.3. The Kier molecular flexibility index (Phi) is 11.2. The van der Waals surface area contributed by atoms with Gasteiger partial charge in [0.05, 0.1) is 27.4 Å². The topological polar surface area (TPSA) is 64.1 Å². The van der Waals surface area contributed by atoms with Crippen LogP contribution >= 0.6 is 24.0 Å². The van der Waals surface area contributed by atoms with Gasteiger partial charge >= 0.3 is 0 Å². The van der Waals surface area contributed by atoms with Crippen LogP contribution in [-0.2, 0) is 13.1 Å². The van der Waals surface area contributed by atoms with Crippen LogP contribution in [0.5, 0.6) is 17.2 Å². The minimum absolute atomic E-state index is 0. The maximum absolute atomic E-state index is 5.56. The highest BCUT2D eigenvalue weighted by molar-refractivity contribution is 14.0. The monoisotopic (exact) mass is 499 g/mol. The fourth-order valence-corrected chi connectivity index (χ4v) is 2.53. The Bertz CT molecular complexity index is 736. The Morgan fingerprint density at radius 1 is 0.893 bits per heavy atom. The number of guanidine groups is 1. The summed E-state index contributed by atoms with van der Waals surface area (Å²) in [4.78, 5) is 4.66. The molecule has 0 amide bonds. The van der Waals surface area contributed by atoms with Crippen molar-refractivity contribution < 1.29 is 14.2 Å². The van der Waals surface area contributed by atoms with E-state index in [-0.39, 0.29) is 24.0 Å². The Hall–Kier alpha value is -2.16. The van der Waals surface area contributed by atoms with Gasteiger partial charge in [-0.15, -0.1) is 24.0 Å². The Balaban J connectivity index is 0.00000392. The normalized spacial score (nSPS) is 10.6. The van der Waals surface area contributed by atoms with Crippen molar-refractivity contribution in [1.82, 2.24) is 10.6 Å².